The van der Waals surface area contributed by atoms with Crippen LogP contribution in [0.5, 0.6) is 5.75 Å². The summed E-state index contributed by atoms with van der Waals surface area (Å²) in [5.74, 6) is 1.79. The van der Waals surface area contributed by atoms with Crippen LogP contribution in [-0.2, 0) is 17.8 Å². The standard InChI is InChI=1S/C19H23N3O3/c1-13-14(2)22-9-8-21(11-18(22)20-13)19(23)15-3-5-16(6-4-15)25-17-7-10-24-12-17/h3-6,17H,7-12H2,1-2H3. The van der Waals surface area contributed by atoms with Gasteiger partial charge in [-0.2, -0.15) is 0 Å². The molecule has 6 heteroatoms. The zero-order chi connectivity index (χ0) is 17.4. The summed E-state index contributed by atoms with van der Waals surface area (Å²) < 4.78 is 13.4. The predicted molar refractivity (Wildman–Crippen MR) is 92.7 cm³/mol. The van der Waals surface area contributed by atoms with Gasteiger partial charge in [0.25, 0.3) is 5.91 Å². The van der Waals surface area contributed by atoms with Crippen molar-refractivity contribution in [3.05, 3.63) is 47.0 Å². The highest BCUT2D eigenvalue weighted by Gasteiger charge is 2.24. The molecular weight excluding hydrogens is 318 g/mol. The molecule has 2 aliphatic rings. The first-order valence-corrected chi connectivity index (χ1v) is 8.78. The highest BCUT2D eigenvalue weighted by atomic mass is 16.5. The number of carbonyl (C=O) groups excluding carboxylic acids is 1. The van der Waals surface area contributed by atoms with Gasteiger partial charge in [0.05, 0.1) is 25.5 Å². The zero-order valence-electron chi connectivity index (χ0n) is 14.7. The van der Waals surface area contributed by atoms with Gasteiger partial charge in [0.2, 0.25) is 0 Å². The highest BCUT2D eigenvalue weighted by molar-refractivity contribution is 5.94. The Kier molecular flexibility index (Phi) is 4.21. The normalized spacial score (nSPS) is 19.8. The zero-order valence-corrected chi connectivity index (χ0v) is 14.7. The lowest BCUT2D eigenvalue weighted by molar-refractivity contribution is 0.0706. The molecule has 1 amide bonds. The van der Waals surface area contributed by atoms with E-state index >= 15 is 0 Å². The first kappa shape index (κ1) is 16.1. The van der Waals surface area contributed by atoms with Crippen LogP contribution >= 0.6 is 0 Å². The van der Waals surface area contributed by atoms with Crippen LogP contribution in [0.4, 0.5) is 0 Å². The fourth-order valence-corrected chi connectivity index (χ4v) is 3.44. The van der Waals surface area contributed by atoms with Gasteiger partial charge in [-0.1, -0.05) is 0 Å². The fraction of sp³-hybridized carbons (Fsp3) is 0.474. The third kappa shape index (κ3) is 3.14. The summed E-state index contributed by atoms with van der Waals surface area (Å²) >= 11 is 0. The maximum atomic E-state index is 12.8. The number of amides is 1. The molecule has 1 aromatic heterocycles. The van der Waals surface area contributed by atoms with Gasteiger partial charge in [0, 0.05) is 30.8 Å². The summed E-state index contributed by atoms with van der Waals surface area (Å²) in [7, 11) is 0. The van der Waals surface area contributed by atoms with Gasteiger partial charge in [-0.05, 0) is 38.1 Å². The molecule has 0 aliphatic carbocycles. The second-order valence-electron chi connectivity index (χ2n) is 6.71. The lowest BCUT2D eigenvalue weighted by Gasteiger charge is -2.28. The number of aryl methyl sites for hydroxylation is 1. The smallest absolute Gasteiger partial charge is 0.254 e. The van der Waals surface area contributed by atoms with Crippen molar-refractivity contribution in [2.75, 3.05) is 19.8 Å². The van der Waals surface area contributed by atoms with E-state index in [1.807, 2.05) is 36.1 Å². The van der Waals surface area contributed by atoms with E-state index in [1.165, 1.54) is 5.69 Å². The number of fused-ring (bicyclic) bond motifs is 1. The summed E-state index contributed by atoms with van der Waals surface area (Å²) in [5, 5.41) is 0. The Hall–Kier alpha value is -2.34. The van der Waals surface area contributed by atoms with Crippen LogP contribution in [0, 0.1) is 13.8 Å². The molecule has 2 aromatic rings. The van der Waals surface area contributed by atoms with Crippen molar-refractivity contribution >= 4 is 5.91 Å². The molecule has 1 saturated heterocycles. The van der Waals surface area contributed by atoms with E-state index in [0.29, 0.717) is 25.3 Å². The third-order valence-electron chi connectivity index (χ3n) is 5.04. The molecule has 6 nitrogen and oxygen atoms in total. The number of rotatable bonds is 3. The molecule has 0 radical (unpaired) electrons. The SMILES string of the molecule is Cc1nc2n(c1C)CCN(C(=O)c1ccc(OC3CCOC3)cc1)C2. The topological polar surface area (TPSA) is 56.6 Å². The van der Waals surface area contributed by atoms with Gasteiger partial charge in [0.15, 0.2) is 0 Å². The Morgan fingerprint density at radius 3 is 2.76 bits per heavy atom. The van der Waals surface area contributed by atoms with Gasteiger partial charge in [0.1, 0.15) is 17.7 Å². The van der Waals surface area contributed by atoms with Crippen molar-refractivity contribution in [3.8, 4) is 5.75 Å². The Bertz CT molecular complexity index is 776. The van der Waals surface area contributed by atoms with E-state index < -0.39 is 0 Å². The van der Waals surface area contributed by atoms with E-state index in [4.69, 9.17) is 9.47 Å². The van der Waals surface area contributed by atoms with Crippen LogP contribution in [0.1, 0.15) is 34.0 Å². The first-order chi connectivity index (χ1) is 12.1. The average Bonchev–Trinajstić information content (AvgIpc) is 3.23. The molecule has 0 saturated carbocycles. The van der Waals surface area contributed by atoms with Crippen LogP contribution < -0.4 is 4.74 Å². The minimum atomic E-state index is 0.0419. The molecule has 0 spiro atoms. The molecule has 1 fully saturated rings. The molecule has 1 atom stereocenters. The summed E-state index contributed by atoms with van der Waals surface area (Å²) in [6.45, 7) is 7.56. The largest absolute Gasteiger partial charge is 0.488 e. The van der Waals surface area contributed by atoms with Gasteiger partial charge in [-0.25, -0.2) is 4.98 Å². The molecule has 3 heterocycles. The minimum absolute atomic E-state index is 0.0419. The molecule has 0 N–H and O–H groups in total. The van der Waals surface area contributed by atoms with E-state index in [1.54, 1.807) is 0 Å². The van der Waals surface area contributed by atoms with Crippen LogP contribution in [0.3, 0.4) is 0 Å². The number of carbonyl (C=O) groups is 1. The Balaban J connectivity index is 1.44. The molecule has 1 aromatic carbocycles. The molecule has 4 rings (SSSR count). The molecule has 132 valence electrons. The number of nitrogens with zero attached hydrogens (tertiary/aromatic N) is 3. The number of aromatic nitrogens is 2. The van der Waals surface area contributed by atoms with Crippen molar-refractivity contribution < 1.29 is 14.3 Å². The number of ether oxygens (including phenoxy) is 2. The summed E-state index contributed by atoms with van der Waals surface area (Å²) in [4.78, 5) is 19.2. The highest BCUT2D eigenvalue weighted by Crippen LogP contribution is 2.21. The van der Waals surface area contributed by atoms with Crippen molar-refractivity contribution in [1.82, 2.24) is 14.5 Å². The summed E-state index contributed by atoms with van der Waals surface area (Å²) in [6.07, 6.45) is 1.04. The van der Waals surface area contributed by atoms with Crippen molar-refractivity contribution in [2.45, 2.75) is 39.5 Å². The predicted octanol–water partition coefficient (Wildman–Crippen LogP) is 2.32. The average molecular weight is 341 g/mol. The van der Waals surface area contributed by atoms with Crippen LogP contribution in [0.15, 0.2) is 24.3 Å². The van der Waals surface area contributed by atoms with E-state index in [-0.39, 0.29) is 12.0 Å². The Morgan fingerprint density at radius 1 is 1.24 bits per heavy atom. The van der Waals surface area contributed by atoms with Crippen molar-refractivity contribution in [2.24, 2.45) is 0 Å². The molecule has 2 aliphatic heterocycles. The molecule has 1 unspecified atom stereocenters. The van der Waals surface area contributed by atoms with Gasteiger partial charge >= 0.3 is 0 Å². The number of hydrogen-bond acceptors (Lipinski definition) is 4. The van der Waals surface area contributed by atoms with Crippen LogP contribution in [-0.4, -0.2) is 46.2 Å². The first-order valence-electron chi connectivity index (χ1n) is 8.78. The maximum absolute atomic E-state index is 12.8. The molecular formula is C19H23N3O3. The van der Waals surface area contributed by atoms with E-state index in [0.717, 1.165) is 36.8 Å². The number of benzene rings is 1. The summed E-state index contributed by atoms with van der Waals surface area (Å²) in [5.41, 5.74) is 2.92. The molecule has 0 bridgehead atoms. The summed E-state index contributed by atoms with van der Waals surface area (Å²) in [6, 6.07) is 7.41. The van der Waals surface area contributed by atoms with E-state index in [2.05, 4.69) is 16.5 Å². The Morgan fingerprint density at radius 2 is 2.04 bits per heavy atom. The lowest BCUT2D eigenvalue weighted by Crippen LogP contribution is -2.38. The number of imidazole rings is 1. The van der Waals surface area contributed by atoms with Crippen molar-refractivity contribution in [3.63, 3.8) is 0 Å². The second-order valence-corrected chi connectivity index (χ2v) is 6.71. The third-order valence-corrected chi connectivity index (χ3v) is 5.04. The van der Waals surface area contributed by atoms with Gasteiger partial charge < -0.3 is 18.9 Å². The van der Waals surface area contributed by atoms with Gasteiger partial charge in [-0.15, -0.1) is 0 Å². The monoisotopic (exact) mass is 341 g/mol. The molecule has 25 heavy (non-hydrogen) atoms. The quantitative estimate of drug-likeness (QED) is 0.860. The van der Waals surface area contributed by atoms with Crippen LogP contribution in [0.2, 0.25) is 0 Å². The van der Waals surface area contributed by atoms with Crippen LogP contribution in [0.25, 0.3) is 0 Å². The minimum Gasteiger partial charge on any atom is -0.488 e. The van der Waals surface area contributed by atoms with E-state index in [9.17, 15) is 4.79 Å². The lowest BCUT2D eigenvalue weighted by atomic mass is 10.1. The fourth-order valence-electron chi connectivity index (χ4n) is 3.44. The second kappa shape index (κ2) is 6.52. The maximum Gasteiger partial charge on any atom is 0.254 e. The van der Waals surface area contributed by atoms with Gasteiger partial charge in [-0.3, -0.25) is 4.79 Å². The number of hydrogen-bond donors (Lipinski definition) is 0. The Labute approximate surface area is 147 Å². The van der Waals surface area contributed by atoms with Crippen molar-refractivity contribution in [1.29, 1.82) is 0 Å².